The molecule has 1 aromatic carbocycles. The highest BCUT2D eigenvalue weighted by molar-refractivity contribution is 7.99. The fourth-order valence-corrected chi connectivity index (χ4v) is 5.21. The minimum Gasteiger partial charge on any atom is -0.454 e. The van der Waals surface area contributed by atoms with Gasteiger partial charge in [0.25, 0.3) is 0 Å². The Hall–Kier alpha value is -2.89. The third-order valence-electron chi connectivity index (χ3n) is 4.93. The maximum atomic E-state index is 6.11. The normalized spacial score (nSPS) is 12.8. The summed E-state index contributed by atoms with van der Waals surface area (Å²) in [6.45, 7) is 7.04. The van der Waals surface area contributed by atoms with E-state index in [1.807, 2.05) is 17.5 Å². The van der Waals surface area contributed by atoms with Crippen LogP contribution in [0, 0.1) is 5.92 Å². The fraction of sp³-hybridized carbons (Fsp3) is 0.333. The van der Waals surface area contributed by atoms with Crippen LogP contribution >= 0.6 is 23.1 Å². The summed E-state index contributed by atoms with van der Waals surface area (Å²) in [4.78, 5) is 18.8. The maximum absolute atomic E-state index is 6.11. The first-order valence-electron chi connectivity index (χ1n) is 10.3. The van der Waals surface area contributed by atoms with Gasteiger partial charge in [-0.2, -0.15) is 0 Å². The Morgan fingerprint density at radius 1 is 1.22 bits per heavy atom. The summed E-state index contributed by atoms with van der Waals surface area (Å²) in [6.07, 6.45) is 3.28. The highest BCUT2D eigenvalue weighted by Gasteiger charge is 2.23. The van der Waals surface area contributed by atoms with Gasteiger partial charge in [-0.05, 0) is 24.6 Å². The van der Waals surface area contributed by atoms with Crippen molar-refractivity contribution in [2.75, 3.05) is 25.6 Å². The number of ether oxygens (including phenoxy) is 2. The number of fused-ring (bicyclic) bond motifs is 2. The van der Waals surface area contributed by atoms with Crippen LogP contribution in [-0.2, 0) is 6.54 Å². The largest absolute Gasteiger partial charge is 0.454 e. The molecule has 3 aromatic heterocycles. The SMILES string of the molecule is CC(C)CNCCn1c(Sc2cc3c(cc2-c2nccs2)OCO3)nc2c(N)ncnc21. The number of nitrogens with two attached hydrogens (primary N) is 1. The summed E-state index contributed by atoms with van der Waals surface area (Å²) in [7, 11) is 0. The molecule has 1 aliphatic heterocycles. The summed E-state index contributed by atoms with van der Waals surface area (Å²) in [5.41, 5.74) is 8.42. The second-order valence-electron chi connectivity index (χ2n) is 7.72. The number of nitrogen functional groups attached to an aromatic ring is 1. The molecule has 0 radical (unpaired) electrons. The third-order valence-corrected chi connectivity index (χ3v) is 6.79. The minimum absolute atomic E-state index is 0.215. The van der Waals surface area contributed by atoms with Gasteiger partial charge in [0, 0.05) is 35.1 Å². The molecule has 0 aliphatic carbocycles. The molecule has 166 valence electrons. The Kier molecular flexibility index (Phi) is 5.85. The highest BCUT2D eigenvalue weighted by atomic mass is 32.2. The molecule has 0 unspecified atom stereocenters. The smallest absolute Gasteiger partial charge is 0.231 e. The molecule has 4 heterocycles. The molecular weight excluding hydrogens is 446 g/mol. The van der Waals surface area contributed by atoms with Gasteiger partial charge < -0.3 is 25.1 Å². The van der Waals surface area contributed by atoms with Crippen LogP contribution in [-0.4, -0.2) is 44.4 Å². The lowest BCUT2D eigenvalue weighted by molar-refractivity contribution is 0.174. The van der Waals surface area contributed by atoms with Gasteiger partial charge in [-0.25, -0.2) is 19.9 Å². The van der Waals surface area contributed by atoms with Gasteiger partial charge in [0.15, 0.2) is 33.6 Å². The molecule has 0 atom stereocenters. The van der Waals surface area contributed by atoms with Crippen molar-refractivity contribution in [3.05, 3.63) is 30.0 Å². The molecule has 9 nitrogen and oxygen atoms in total. The van der Waals surface area contributed by atoms with E-state index in [2.05, 4.69) is 38.7 Å². The Morgan fingerprint density at radius 3 is 2.84 bits per heavy atom. The number of aromatic nitrogens is 5. The van der Waals surface area contributed by atoms with Gasteiger partial charge >= 0.3 is 0 Å². The van der Waals surface area contributed by atoms with Crippen molar-refractivity contribution in [2.45, 2.75) is 30.4 Å². The van der Waals surface area contributed by atoms with Crippen LogP contribution in [0.15, 0.2) is 40.1 Å². The van der Waals surface area contributed by atoms with Crippen molar-refractivity contribution in [1.82, 2.24) is 29.8 Å². The first kappa shape index (κ1) is 21.0. The standard InChI is InChI=1S/C21H23N7O2S2/c1-12(2)9-23-3-5-28-19-17(18(22)25-10-26-19)27-21(28)32-16-8-15-14(29-11-30-15)7-13(16)20-24-4-6-31-20/h4,6-8,10,12,23H,3,5,9,11H2,1-2H3,(H2,22,25,26). The van der Waals surface area contributed by atoms with Crippen molar-refractivity contribution in [1.29, 1.82) is 0 Å². The molecule has 4 aromatic rings. The van der Waals surface area contributed by atoms with E-state index in [0.717, 1.165) is 45.1 Å². The average molecular weight is 470 g/mol. The summed E-state index contributed by atoms with van der Waals surface area (Å²) < 4.78 is 13.3. The topological polar surface area (TPSA) is 113 Å². The van der Waals surface area contributed by atoms with Gasteiger partial charge in [0.05, 0.1) is 0 Å². The number of nitrogens with one attached hydrogen (secondary N) is 1. The first-order valence-corrected chi connectivity index (χ1v) is 12.0. The van der Waals surface area contributed by atoms with E-state index >= 15 is 0 Å². The number of rotatable bonds is 8. The predicted octanol–water partition coefficient (Wildman–Crippen LogP) is 3.66. The molecule has 0 saturated heterocycles. The van der Waals surface area contributed by atoms with Crippen LogP contribution in [0.5, 0.6) is 11.5 Å². The molecule has 1 aliphatic rings. The zero-order valence-electron chi connectivity index (χ0n) is 17.7. The third kappa shape index (κ3) is 4.10. The number of hydrogen-bond acceptors (Lipinski definition) is 10. The first-order chi connectivity index (χ1) is 15.6. The van der Waals surface area contributed by atoms with Crippen molar-refractivity contribution in [3.63, 3.8) is 0 Å². The summed E-state index contributed by atoms with van der Waals surface area (Å²) in [6, 6.07) is 3.97. The summed E-state index contributed by atoms with van der Waals surface area (Å²) in [5, 5.41) is 7.14. The Labute approximate surface area is 193 Å². The van der Waals surface area contributed by atoms with Gasteiger partial charge in [0.2, 0.25) is 6.79 Å². The van der Waals surface area contributed by atoms with E-state index in [1.165, 1.54) is 18.1 Å². The lowest BCUT2D eigenvalue weighted by Crippen LogP contribution is -2.24. The van der Waals surface area contributed by atoms with Crippen LogP contribution < -0.4 is 20.5 Å². The Bertz CT molecular complexity index is 1240. The molecule has 11 heteroatoms. The van der Waals surface area contributed by atoms with Crippen LogP contribution in [0.1, 0.15) is 13.8 Å². The second kappa shape index (κ2) is 8.93. The summed E-state index contributed by atoms with van der Waals surface area (Å²) >= 11 is 3.11. The molecule has 0 bridgehead atoms. The van der Waals surface area contributed by atoms with Crippen LogP contribution in [0.2, 0.25) is 0 Å². The van der Waals surface area contributed by atoms with E-state index in [0.29, 0.717) is 29.5 Å². The second-order valence-corrected chi connectivity index (χ2v) is 9.62. The average Bonchev–Trinajstić information content (AvgIpc) is 3.51. The predicted molar refractivity (Wildman–Crippen MR) is 125 cm³/mol. The molecule has 0 saturated carbocycles. The number of thiazole rings is 1. The Balaban J connectivity index is 1.54. The molecule has 5 rings (SSSR count). The molecule has 32 heavy (non-hydrogen) atoms. The number of nitrogens with zero attached hydrogens (tertiary/aromatic N) is 5. The van der Waals surface area contributed by atoms with E-state index < -0.39 is 0 Å². The summed E-state index contributed by atoms with van der Waals surface area (Å²) in [5.74, 6) is 2.39. The van der Waals surface area contributed by atoms with Crippen molar-refractivity contribution >= 4 is 40.1 Å². The highest BCUT2D eigenvalue weighted by Crippen LogP contribution is 2.45. The van der Waals surface area contributed by atoms with Gasteiger partial charge in [-0.1, -0.05) is 25.6 Å². The minimum atomic E-state index is 0.215. The van der Waals surface area contributed by atoms with Crippen molar-refractivity contribution in [2.24, 2.45) is 5.92 Å². The zero-order chi connectivity index (χ0) is 22.1. The zero-order valence-corrected chi connectivity index (χ0v) is 19.4. The Morgan fingerprint density at radius 2 is 2.06 bits per heavy atom. The lowest BCUT2D eigenvalue weighted by atomic mass is 10.2. The van der Waals surface area contributed by atoms with E-state index in [1.54, 1.807) is 17.5 Å². The van der Waals surface area contributed by atoms with Gasteiger partial charge in [-0.3, -0.25) is 0 Å². The maximum Gasteiger partial charge on any atom is 0.231 e. The van der Waals surface area contributed by atoms with Gasteiger partial charge in [-0.15, -0.1) is 11.3 Å². The fourth-order valence-electron chi connectivity index (χ4n) is 3.42. The van der Waals surface area contributed by atoms with Crippen LogP contribution in [0.25, 0.3) is 21.7 Å². The monoisotopic (exact) mass is 469 g/mol. The molecule has 0 spiro atoms. The van der Waals surface area contributed by atoms with E-state index in [-0.39, 0.29) is 6.79 Å². The van der Waals surface area contributed by atoms with Crippen LogP contribution in [0.4, 0.5) is 5.82 Å². The molecule has 0 amide bonds. The number of anilines is 1. The molecule has 0 fully saturated rings. The van der Waals surface area contributed by atoms with E-state index in [4.69, 9.17) is 20.2 Å². The number of hydrogen-bond donors (Lipinski definition) is 2. The molecule has 3 N–H and O–H groups in total. The van der Waals surface area contributed by atoms with E-state index in [9.17, 15) is 0 Å². The lowest BCUT2D eigenvalue weighted by Gasteiger charge is -2.12. The number of imidazole rings is 1. The van der Waals surface area contributed by atoms with Gasteiger partial charge in [0.1, 0.15) is 11.3 Å². The van der Waals surface area contributed by atoms with Crippen LogP contribution in [0.3, 0.4) is 0 Å². The molecular formula is C21H23N7O2S2. The van der Waals surface area contributed by atoms with Crippen molar-refractivity contribution < 1.29 is 9.47 Å². The number of benzene rings is 1. The van der Waals surface area contributed by atoms with Crippen molar-refractivity contribution in [3.8, 4) is 22.1 Å². The quantitative estimate of drug-likeness (QED) is 0.373.